The minimum atomic E-state index is -1.19. The molecule has 0 unspecified atom stereocenters. The van der Waals surface area contributed by atoms with Gasteiger partial charge in [-0.1, -0.05) is 17.7 Å². The van der Waals surface area contributed by atoms with Crippen molar-refractivity contribution in [2.75, 3.05) is 12.4 Å². The molecule has 1 aromatic carbocycles. The molecule has 0 spiro atoms. The van der Waals surface area contributed by atoms with E-state index in [1.54, 1.807) is 17.5 Å². The van der Waals surface area contributed by atoms with Crippen LogP contribution in [0.4, 0.5) is 5.69 Å². The number of nitrogens with one attached hydrogen (secondary N) is 2. The molecule has 0 bridgehead atoms. The topological polar surface area (TPSA) is 84.5 Å². The van der Waals surface area contributed by atoms with E-state index >= 15 is 0 Å². The van der Waals surface area contributed by atoms with Crippen molar-refractivity contribution >= 4 is 46.4 Å². The molecule has 2 rings (SSSR count). The highest BCUT2D eigenvalue weighted by Gasteiger charge is 2.31. The summed E-state index contributed by atoms with van der Waals surface area (Å²) in [5.41, 5.74) is -0.627. The number of hydrogen-bond acceptors (Lipinski definition) is 5. The Hall–Kier alpha value is -2.38. The van der Waals surface area contributed by atoms with Gasteiger partial charge in [-0.05, 0) is 43.5 Å². The Bertz CT molecular complexity index is 803. The van der Waals surface area contributed by atoms with Gasteiger partial charge < -0.3 is 15.4 Å². The first-order valence-corrected chi connectivity index (χ1v) is 8.55. The van der Waals surface area contributed by atoms with Gasteiger partial charge in [-0.2, -0.15) is 0 Å². The van der Waals surface area contributed by atoms with Gasteiger partial charge in [0.1, 0.15) is 5.54 Å². The van der Waals surface area contributed by atoms with Crippen LogP contribution in [0.15, 0.2) is 35.7 Å². The minimum absolute atomic E-state index is 0.253. The van der Waals surface area contributed by atoms with Gasteiger partial charge in [0.2, 0.25) is 0 Å². The molecule has 132 valence electrons. The Labute approximate surface area is 154 Å². The lowest BCUT2D eigenvalue weighted by atomic mass is 10.0. The quantitative estimate of drug-likeness (QED) is 0.779. The molecule has 25 heavy (non-hydrogen) atoms. The number of halogens is 1. The van der Waals surface area contributed by atoms with Crippen LogP contribution in [0.25, 0.3) is 0 Å². The summed E-state index contributed by atoms with van der Waals surface area (Å²) in [5.74, 6) is -1.37. The first-order chi connectivity index (χ1) is 11.7. The van der Waals surface area contributed by atoms with E-state index in [0.29, 0.717) is 15.6 Å². The highest BCUT2D eigenvalue weighted by molar-refractivity contribution is 7.12. The second kappa shape index (κ2) is 7.67. The van der Waals surface area contributed by atoms with Crippen molar-refractivity contribution in [3.05, 3.63) is 51.2 Å². The van der Waals surface area contributed by atoms with E-state index in [0.717, 1.165) is 0 Å². The standard InChI is InChI=1S/C17H17ClN2O4S/c1-17(2,16(23)24-3)20-14(21)10-6-7-11(18)12(9-10)19-15(22)13-5-4-8-25-13/h4-9H,1-3H3,(H,19,22)(H,20,21). The fourth-order valence-corrected chi connectivity index (χ4v) is 2.80. The van der Waals surface area contributed by atoms with Crippen molar-refractivity contribution in [2.45, 2.75) is 19.4 Å². The number of methoxy groups -OCH3 is 1. The summed E-state index contributed by atoms with van der Waals surface area (Å²) in [6.45, 7) is 3.07. The summed E-state index contributed by atoms with van der Waals surface area (Å²) >= 11 is 7.39. The summed E-state index contributed by atoms with van der Waals surface area (Å²) in [5, 5.41) is 7.34. The highest BCUT2D eigenvalue weighted by Crippen LogP contribution is 2.24. The van der Waals surface area contributed by atoms with E-state index in [2.05, 4.69) is 15.4 Å². The molecule has 0 aliphatic heterocycles. The molecule has 0 aliphatic rings. The largest absolute Gasteiger partial charge is 0.467 e. The SMILES string of the molecule is COC(=O)C(C)(C)NC(=O)c1ccc(Cl)c(NC(=O)c2cccs2)c1. The van der Waals surface area contributed by atoms with Crippen LogP contribution in [0, 0.1) is 0 Å². The third-order valence-corrected chi connectivity index (χ3v) is 4.54. The fraction of sp³-hybridized carbons (Fsp3) is 0.235. The van der Waals surface area contributed by atoms with E-state index in [-0.39, 0.29) is 11.5 Å². The van der Waals surface area contributed by atoms with Crippen LogP contribution in [0.5, 0.6) is 0 Å². The highest BCUT2D eigenvalue weighted by atomic mass is 35.5. The Kier molecular flexibility index (Phi) is 5.81. The number of carbonyl (C=O) groups excluding carboxylic acids is 3. The second-order valence-electron chi connectivity index (χ2n) is 5.70. The van der Waals surface area contributed by atoms with Gasteiger partial charge in [-0.15, -0.1) is 11.3 Å². The third kappa shape index (κ3) is 4.58. The fourth-order valence-electron chi connectivity index (χ4n) is 2.02. The molecule has 0 saturated heterocycles. The molecule has 2 aromatic rings. The predicted molar refractivity (Wildman–Crippen MR) is 97.3 cm³/mol. The zero-order valence-electron chi connectivity index (χ0n) is 13.9. The average molecular weight is 381 g/mol. The van der Waals surface area contributed by atoms with Crippen molar-refractivity contribution in [1.82, 2.24) is 5.32 Å². The zero-order chi connectivity index (χ0) is 18.6. The molecule has 8 heteroatoms. The minimum Gasteiger partial charge on any atom is -0.467 e. The number of esters is 1. The summed E-state index contributed by atoms with van der Waals surface area (Å²) in [6.07, 6.45) is 0. The number of anilines is 1. The monoisotopic (exact) mass is 380 g/mol. The van der Waals surface area contributed by atoms with Crippen molar-refractivity contribution in [1.29, 1.82) is 0 Å². The zero-order valence-corrected chi connectivity index (χ0v) is 15.5. The lowest BCUT2D eigenvalue weighted by molar-refractivity contribution is -0.146. The van der Waals surface area contributed by atoms with Crippen LogP contribution in [-0.4, -0.2) is 30.4 Å². The van der Waals surface area contributed by atoms with Crippen LogP contribution in [0.2, 0.25) is 5.02 Å². The van der Waals surface area contributed by atoms with E-state index in [4.69, 9.17) is 11.6 Å². The summed E-state index contributed by atoms with van der Waals surface area (Å²) in [7, 11) is 1.25. The Morgan fingerprint density at radius 2 is 1.88 bits per heavy atom. The van der Waals surface area contributed by atoms with Gasteiger partial charge in [0.05, 0.1) is 22.7 Å². The Morgan fingerprint density at radius 3 is 2.48 bits per heavy atom. The number of thiophene rings is 1. The molecular weight excluding hydrogens is 364 g/mol. The molecule has 0 aliphatic carbocycles. The maximum Gasteiger partial charge on any atom is 0.330 e. The maximum atomic E-state index is 12.4. The number of amides is 2. The van der Waals surface area contributed by atoms with E-state index in [1.165, 1.54) is 50.5 Å². The van der Waals surface area contributed by atoms with Crippen molar-refractivity contribution in [2.24, 2.45) is 0 Å². The first kappa shape index (κ1) is 19.0. The predicted octanol–water partition coefficient (Wildman–Crippen LogP) is 3.34. The number of rotatable bonds is 5. The van der Waals surface area contributed by atoms with Crippen molar-refractivity contribution in [3.63, 3.8) is 0 Å². The van der Waals surface area contributed by atoms with E-state index in [9.17, 15) is 14.4 Å². The number of ether oxygens (including phenoxy) is 1. The third-order valence-electron chi connectivity index (χ3n) is 3.34. The van der Waals surface area contributed by atoms with Crippen LogP contribution < -0.4 is 10.6 Å². The number of hydrogen-bond donors (Lipinski definition) is 2. The van der Waals surface area contributed by atoms with Crippen molar-refractivity contribution < 1.29 is 19.1 Å². The molecule has 1 aromatic heterocycles. The Morgan fingerprint density at radius 1 is 1.16 bits per heavy atom. The van der Waals surface area contributed by atoms with Gasteiger partial charge in [0.25, 0.3) is 11.8 Å². The number of benzene rings is 1. The van der Waals surface area contributed by atoms with Crippen LogP contribution in [0.1, 0.15) is 33.9 Å². The summed E-state index contributed by atoms with van der Waals surface area (Å²) in [4.78, 5) is 36.7. The molecule has 0 radical (unpaired) electrons. The lowest BCUT2D eigenvalue weighted by Gasteiger charge is -2.23. The first-order valence-electron chi connectivity index (χ1n) is 7.30. The molecular formula is C17H17ClN2O4S. The smallest absolute Gasteiger partial charge is 0.330 e. The normalized spacial score (nSPS) is 10.9. The van der Waals surface area contributed by atoms with E-state index in [1.807, 2.05) is 0 Å². The maximum absolute atomic E-state index is 12.4. The van der Waals surface area contributed by atoms with Gasteiger partial charge in [0, 0.05) is 5.56 Å². The van der Waals surface area contributed by atoms with Crippen LogP contribution in [-0.2, 0) is 9.53 Å². The molecule has 2 N–H and O–H groups in total. The van der Waals surface area contributed by atoms with Gasteiger partial charge in [-0.25, -0.2) is 4.79 Å². The molecule has 0 atom stereocenters. The molecule has 0 fully saturated rings. The molecule has 2 amide bonds. The Balaban J connectivity index is 2.19. The van der Waals surface area contributed by atoms with Crippen LogP contribution in [0.3, 0.4) is 0 Å². The molecule has 0 saturated carbocycles. The molecule has 6 nitrogen and oxygen atoms in total. The average Bonchev–Trinajstić information content (AvgIpc) is 3.10. The number of carbonyl (C=O) groups is 3. The van der Waals surface area contributed by atoms with E-state index < -0.39 is 17.4 Å². The van der Waals surface area contributed by atoms with Crippen LogP contribution >= 0.6 is 22.9 Å². The van der Waals surface area contributed by atoms with Gasteiger partial charge in [0.15, 0.2) is 0 Å². The van der Waals surface area contributed by atoms with Gasteiger partial charge >= 0.3 is 5.97 Å². The van der Waals surface area contributed by atoms with Crippen molar-refractivity contribution in [3.8, 4) is 0 Å². The summed E-state index contributed by atoms with van der Waals surface area (Å²) in [6, 6.07) is 7.91. The van der Waals surface area contributed by atoms with Gasteiger partial charge in [-0.3, -0.25) is 9.59 Å². The summed E-state index contributed by atoms with van der Waals surface area (Å²) < 4.78 is 4.66. The lowest BCUT2D eigenvalue weighted by Crippen LogP contribution is -2.50. The molecule has 1 heterocycles. The second-order valence-corrected chi connectivity index (χ2v) is 7.05.